The fraction of sp³-hybridized carbons (Fsp3) is 0.636. The van der Waals surface area contributed by atoms with Crippen LogP contribution < -0.4 is 0 Å². The molecule has 0 radical (unpaired) electrons. The molecule has 0 saturated heterocycles. The molecule has 0 aliphatic rings. The molecule has 0 aliphatic carbocycles. The van der Waals surface area contributed by atoms with Gasteiger partial charge < -0.3 is 0 Å². The van der Waals surface area contributed by atoms with Gasteiger partial charge in [0.15, 0.2) is 5.16 Å². The monoisotopic (exact) mass is 242 g/mol. The lowest BCUT2D eigenvalue weighted by atomic mass is 9.87. The van der Waals surface area contributed by atoms with Crippen molar-refractivity contribution < 1.29 is 0 Å². The molecular formula is C11H18N2S2. The van der Waals surface area contributed by atoms with E-state index in [9.17, 15) is 0 Å². The average Bonchev–Trinajstić information content (AvgIpc) is 2.33. The van der Waals surface area contributed by atoms with Crippen LogP contribution in [-0.4, -0.2) is 21.5 Å². The molecule has 4 heteroatoms. The second-order valence-corrected chi connectivity index (χ2v) is 4.94. The van der Waals surface area contributed by atoms with Gasteiger partial charge in [0.1, 0.15) is 0 Å². The van der Waals surface area contributed by atoms with Crippen molar-refractivity contribution in [2.75, 3.05) is 11.5 Å². The third kappa shape index (κ3) is 3.68. The summed E-state index contributed by atoms with van der Waals surface area (Å²) < 4.78 is 0. The predicted octanol–water partition coefficient (Wildman–Crippen LogP) is 3.30. The summed E-state index contributed by atoms with van der Waals surface area (Å²) in [6.07, 6.45) is 5.89. The molecule has 0 fully saturated rings. The molecule has 15 heavy (non-hydrogen) atoms. The van der Waals surface area contributed by atoms with Gasteiger partial charge in [0, 0.05) is 18.1 Å². The molecule has 1 aromatic rings. The zero-order valence-electron chi connectivity index (χ0n) is 9.31. The SMILES string of the molecule is CCC(CC)(CS)CSc1ncccn1. The number of hydrogen-bond acceptors (Lipinski definition) is 4. The van der Waals surface area contributed by atoms with Crippen LogP contribution in [0.2, 0.25) is 0 Å². The van der Waals surface area contributed by atoms with E-state index in [-0.39, 0.29) is 0 Å². The van der Waals surface area contributed by atoms with Gasteiger partial charge in [0.25, 0.3) is 0 Å². The molecule has 0 bridgehead atoms. The van der Waals surface area contributed by atoms with E-state index < -0.39 is 0 Å². The first kappa shape index (κ1) is 12.8. The van der Waals surface area contributed by atoms with Crippen LogP contribution in [0.3, 0.4) is 0 Å². The fourth-order valence-electron chi connectivity index (χ4n) is 1.30. The van der Waals surface area contributed by atoms with Crippen molar-refractivity contribution in [3.8, 4) is 0 Å². The number of thioether (sulfide) groups is 1. The molecule has 0 aliphatic heterocycles. The summed E-state index contributed by atoms with van der Waals surface area (Å²) in [5.41, 5.74) is 0.326. The van der Waals surface area contributed by atoms with E-state index in [0.717, 1.165) is 29.5 Å². The molecular weight excluding hydrogens is 224 g/mol. The van der Waals surface area contributed by atoms with E-state index in [1.807, 2.05) is 6.07 Å². The van der Waals surface area contributed by atoms with Gasteiger partial charge in [-0.3, -0.25) is 0 Å². The Balaban J connectivity index is 2.54. The second kappa shape index (κ2) is 6.38. The zero-order valence-corrected chi connectivity index (χ0v) is 11.0. The van der Waals surface area contributed by atoms with Crippen molar-refractivity contribution in [2.24, 2.45) is 5.41 Å². The molecule has 84 valence electrons. The van der Waals surface area contributed by atoms with Gasteiger partial charge in [-0.2, -0.15) is 12.6 Å². The number of aromatic nitrogens is 2. The molecule has 1 heterocycles. The van der Waals surface area contributed by atoms with Crippen LogP contribution in [0.15, 0.2) is 23.6 Å². The maximum absolute atomic E-state index is 4.45. The van der Waals surface area contributed by atoms with Crippen molar-refractivity contribution in [2.45, 2.75) is 31.8 Å². The van der Waals surface area contributed by atoms with Crippen molar-refractivity contribution in [3.63, 3.8) is 0 Å². The highest BCUT2D eigenvalue weighted by Crippen LogP contribution is 2.33. The van der Waals surface area contributed by atoms with Crippen molar-refractivity contribution in [1.82, 2.24) is 9.97 Å². The summed E-state index contributed by atoms with van der Waals surface area (Å²) >= 11 is 6.18. The Morgan fingerprint density at radius 3 is 2.33 bits per heavy atom. The molecule has 0 unspecified atom stereocenters. The van der Waals surface area contributed by atoms with Crippen LogP contribution in [0.1, 0.15) is 26.7 Å². The van der Waals surface area contributed by atoms with E-state index in [2.05, 4.69) is 36.4 Å². The molecule has 1 rings (SSSR count). The van der Waals surface area contributed by atoms with E-state index in [1.54, 1.807) is 24.2 Å². The van der Waals surface area contributed by atoms with Gasteiger partial charge in [-0.1, -0.05) is 25.6 Å². The van der Waals surface area contributed by atoms with Gasteiger partial charge in [-0.25, -0.2) is 9.97 Å². The molecule has 0 spiro atoms. The van der Waals surface area contributed by atoms with Crippen LogP contribution in [0.25, 0.3) is 0 Å². The standard InChI is InChI=1S/C11H18N2S2/c1-3-11(4-2,8-14)9-15-10-12-6-5-7-13-10/h5-7,14H,3-4,8-9H2,1-2H3. The van der Waals surface area contributed by atoms with Crippen LogP contribution in [0, 0.1) is 5.41 Å². The highest BCUT2D eigenvalue weighted by molar-refractivity contribution is 7.99. The largest absolute Gasteiger partial charge is 0.231 e. The third-order valence-electron chi connectivity index (χ3n) is 2.88. The molecule has 0 N–H and O–H groups in total. The summed E-state index contributed by atoms with van der Waals surface area (Å²) in [4.78, 5) is 8.42. The number of nitrogens with zero attached hydrogens (tertiary/aromatic N) is 2. The van der Waals surface area contributed by atoms with Crippen LogP contribution in [0.4, 0.5) is 0 Å². The lowest BCUT2D eigenvalue weighted by Crippen LogP contribution is -2.24. The Hall–Kier alpha value is -0.220. The topological polar surface area (TPSA) is 25.8 Å². The Kier molecular flexibility index (Phi) is 5.47. The summed E-state index contributed by atoms with van der Waals surface area (Å²) in [5, 5.41) is 0.866. The quantitative estimate of drug-likeness (QED) is 0.471. The van der Waals surface area contributed by atoms with Crippen LogP contribution in [-0.2, 0) is 0 Å². The molecule has 0 aromatic carbocycles. The molecule has 1 aromatic heterocycles. The first-order valence-electron chi connectivity index (χ1n) is 5.27. The van der Waals surface area contributed by atoms with Crippen LogP contribution in [0.5, 0.6) is 0 Å². The van der Waals surface area contributed by atoms with E-state index in [4.69, 9.17) is 0 Å². The van der Waals surface area contributed by atoms with Gasteiger partial charge >= 0.3 is 0 Å². The van der Waals surface area contributed by atoms with E-state index >= 15 is 0 Å². The Bertz CT molecular complexity index is 265. The van der Waals surface area contributed by atoms with Gasteiger partial charge in [-0.05, 0) is 30.1 Å². The average molecular weight is 242 g/mol. The lowest BCUT2D eigenvalue weighted by Gasteiger charge is -2.28. The Morgan fingerprint density at radius 2 is 1.87 bits per heavy atom. The smallest absolute Gasteiger partial charge is 0.187 e. The normalized spacial score (nSPS) is 11.7. The molecule has 0 amide bonds. The summed E-state index contributed by atoms with van der Waals surface area (Å²) in [6.45, 7) is 4.46. The first-order chi connectivity index (χ1) is 7.26. The summed E-state index contributed by atoms with van der Waals surface area (Å²) in [7, 11) is 0. The van der Waals surface area contributed by atoms with Gasteiger partial charge in [0.05, 0.1) is 0 Å². The second-order valence-electron chi connectivity index (χ2n) is 3.69. The molecule has 0 atom stereocenters. The minimum absolute atomic E-state index is 0.326. The Morgan fingerprint density at radius 1 is 1.27 bits per heavy atom. The predicted molar refractivity (Wildman–Crippen MR) is 69.6 cm³/mol. The Labute approximate surface area is 102 Å². The molecule has 2 nitrogen and oxygen atoms in total. The third-order valence-corrected chi connectivity index (χ3v) is 4.78. The minimum Gasteiger partial charge on any atom is -0.231 e. The number of rotatable bonds is 6. The maximum atomic E-state index is 4.45. The van der Waals surface area contributed by atoms with E-state index in [0.29, 0.717) is 5.41 Å². The minimum atomic E-state index is 0.326. The zero-order chi connectivity index (χ0) is 11.1. The van der Waals surface area contributed by atoms with Gasteiger partial charge in [-0.15, -0.1) is 0 Å². The van der Waals surface area contributed by atoms with Crippen molar-refractivity contribution in [3.05, 3.63) is 18.5 Å². The van der Waals surface area contributed by atoms with Crippen LogP contribution >= 0.6 is 24.4 Å². The van der Waals surface area contributed by atoms with E-state index in [1.165, 1.54) is 0 Å². The summed E-state index contributed by atoms with van der Waals surface area (Å²) in [5.74, 6) is 1.98. The fourth-order valence-corrected chi connectivity index (χ4v) is 3.23. The van der Waals surface area contributed by atoms with Gasteiger partial charge in [0.2, 0.25) is 0 Å². The molecule has 0 saturated carbocycles. The number of thiol groups is 1. The lowest BCUT2D eigenvalue weighted by molar-refractivity contribution is 0.357. The first-order valence-corrected chi connectivity index (χ1v) is 6.89. The van der Waals surface area contributed by atoms with Crippen molar-refractivity contribution >= 4 is 24.4 Å². The maximum Gasteiger partial charge on any atom is 0.187 e. The highest BCUT2D eigenvalue weighted by atomic mass is 32.2. The number of hydrogen-bond donors (Lipinski definition) is 1. The van der Waals surface area contributed by atoms with Crippen molar-refractivity contribution in [1.29, 1.82) is 0 Å². The highest BCUT2D eigenvalue weighted by Gasteiger charge is 2.24. The summed E-state index contributed by atoms with van der Waals surface area (Å²) in [6, 6.07) is 1.84.